The molecule has 0 fully saturated rings. The van der Waals surface area contributed by atoms with Gasteiger partial charge in [-0.05, 0) is 280 Å². The fourth-order valence-corrected chi connectivity index (χ4v) is 26.5. The predicted octanol–water partition coefficient (Wildman–Crippen LogP) is 38.4. The molecule has 30 rings (SSSR count). The topological polar surface area (TPSA) is 0 Å². The van der Waals surface area contributed by atoms with E-state index < -0.39 is 10.8 Å². The molecule has 0 amide bonds. The van der Waals surface area contributed by atoms with Crippen LogP contribution in [-0.4, -0.2) is 0 Å². The van der Waals surface area contributed by atoms with Crippen molar-refractivity contribution in [3.63, 3.8) is 0 Å². The van der Waals surface area contributed by atoms with Gasteiger partial charge < -0.3 is 0 Å². The SMILES string of the molecule is Cc1ccc2cccc3c2c1-c1ccccc1C3(c1ccc(-c2ccccc2)cc1)c1ccc(-c2ccccc2)cc1.Cc1ccc2cccc3c2c1-c1ccccc1C3(c1ccccc1)c1ccccc1.c1ccc(-c2ccc(C3(c4ccc(-c5ccccc5)cc4)c4ccccc4-c4c5ccccc5cc5cccc3c45)cc2)cc1.c1ccc(C2(c3ccccc3)c3ccccc3-c3c4ccccc4cc4cccc2c34)cc1. The average Bonchev–Trinajstić information content (AvgIpc) is 0.693. The van der Waals surface area contributed by atoms with Crippen LogP contribution in [0.1, 0.15) is 100 Å². The van der Waals surface area contributed by atoms with E-state index in [4.69, 9.17) is 0 Å². The molecule has 0 radical (unpaired) electrons. The van der Waals surface area contributed by atoms with Crippen LogP contribution in [0.5, 0.6) is 0 Å². The lowest BCUT2D eigenvalue weighted by Crippen LogP contribution is -2.34. The van der Waals surface area contributed by atoms with E-state index in [9.17, 15) is 0 Å². The third-order valence-corrected chi connectivity index (χ3v) is 32.8. The lowest BCUT2D eigenvalue weighted by molar-refractivity contribution is 0.749. The van der Waals surface area contributed by atoms with Crippen LogP contribution in [0, 0.1) is 13.8 Å². The first kappa shape index (κ1) is 90.1. The molecule has 0 atom stereocenters. The van der Waals surface area contributed by atoms with Crippen molar-refractivity contribution in [1.82, 2.24) is 0 Å². The van der Waals surface area contributed by atoms with Gasteiger partial charge in [-0.2, -0.15) is 0 Å². The zero-order valence-electron chi connectivity index (χ0n) is 83.6. The van der Waals surface area contributed by atoms with E-state index in [0.717, 1.165) is 0 Å². The Hall–Kier alpha value is -18.7. The summed E-state index contributed by atoms with van der Waals surface area (Å²) >= 11 is 0. The molecule has 0 nitrogen and oxygen atoms in total. The first-order chi connectivity index (χ1) is 74.3. The highest BCUT2D eigenvalue weighted by Gasteiger charge is 2.50. The van der Waals surface area contributed by atoms with Crippen LogP contribution in [0.4, 0.5) is 0 Å². The van der Waals surface area contributed by atoms with Gasteiger partial charge in [-0.1, -0.05) is 582 Å². The van der Waals surface area contributed by atoms with Crippen molar-refractivity contribution in [2.75, 3.05) is 0 Å². The van der Waals surface area contributed by atoms with E-state index in [0.29, 0.717) is 0 Å². The molecule has 0 saturated carbocycles. The smallest absolute Gasteiger partial charge is 0.0622 e. The van der Waals surface area contributed by atoms with Gasteiger partial charge in [0.2, 0.25) is 0 Å². The molecule has 0 unspecified atom stereocenters. The quantitative estimate of drug-likeness (QED) is 0.107. The summed E-state index contributed by atoms with van der Waals surface area (Å²) in [6.45, 7) is 4.49. The van der Waals surface area contributed by atoms with Gasteiger partial charge in [0.25, 0.3) is 0 Å². The minimum absolute atomic E-state index is 0.348. The van der Waals surface area contributed by atoms with Crippen molar-refractivity contribution in [2.24, 2.45) is 0 Å². The first-order valence-corrected chi connectivity index (χ1v) is 52.5. The lowest BCUT2D eigenvalue weighted by atomic mass is 9.59. The van der Waals surface area contributed by atoms with E-state index >= 15 is 0 Å². The number of hydrogen-bond donors (Lipinski definition) is 0. The minimum atomic E-state index is -0.504. The Balaban J connectivity index is 0.0000000995. The van der Waals surface area contributed by atoms with Gasteiger partial charge in [0.05, 0.1) is 21.7 Å². The number of hydrogen-bond acceptors (Lipinski definition) is 0. The Morgan fingerprint density at radius 1 is 0.120 bits per heavy atom. The monoisotopic (exact) mass is 1900 g/mol. The molecule has 26 aromatic rings. The van der Waals surface area contributed by atoms with Crippen LogP contribution in [-0.2, 0) is 21.7 Å². The van der Waals surface area contributed by atoms with Crippen LogP contribution in [0.2, 0.25) is 0 Å². The van der Waals surface area contributed by atoms with Gasteiger partial charge in [-0.25, -0.2) is 0 Å². The third-order valence-electron chi connectivity index (χ3n) is 32.8. The Morgan fingerprint density at radius 2 is 0.307 bits per heavy atom. The summed E-state index contributed by atoms with van der Waals surface area (Å²) < 4.78 is 0. The Kier molecular flexibility index (Phi) is 22.5. The second-order valence-electron chi connectivity index (χ2n) is 40.5. The average molecular weight is 1910 g/mol. The van der Waals surface area contributed by atoms with E-state index in [1.165, 1.54) is 254 Å². The second-order valence-corrected chi connectivity index (χ2v) is 40.5. The summed E-state index contributed by atoms with van der Waals surface area (Å²) in [6.07, 6.45) is 0. The Labute approximate surface area is 877 Å². The van der Waals surface area contributed by atoms with Gasteiger partial charge >= 0.3 is 0 Å². The van der Waals surface area contributed by atoms with Crippen molar-refractivity contribution in [2.45, 2.75) is 35.5 Å². The minimum Gasteiger partial charge on any atom is -0.0622 e. The molecule has 0 heterocycles. The summed E-state index contributed by atoms with van der Waals surface area (Å²) in [5.74, 6) is 0. The summed E-state index contributed by atoms with van der Waals surface area (Å²) in [5.41, 5.74) is 42.6. The molecule has 704 valence electrons. The van der Waals surface area contributed by atoms with E-state index in [-0.39, 0.29) is 10.8 Å². The molecule has 0 bridgehead atoms. The highest BCUT2D eigenvalue weighted by molar-refractivity contribution is 6.19. The fourth-order valence-electron chi connectivity index (χ4n) is 26.5. The zero-order chi connectivity index (χ0) is 99.9. The van der Waals surface area contributed by atoms with Crippen molar-refractivity contribution in [3.05, 3.63) is 695 Å². The maximum absolute atomic E-state index is 2.37. The van der Waals surface area contributed by atoms with Crippen LogP contribution in [0.3, 0.4) is 0 Å². The van der Waals surface area contributed by atoms with Crippen molar-refractivity contribution in [1.29, 1.82) is 0 Å². The Bertz CT molecular complexity index is 9370. The molecule has 0 aromatic heterocycles. The van der Waals surface area contributed by atoms with Crippen LogP contribution in [0.15, 0.2) is 595 Å². The number of aryl methyl sites for hydroxylation is 2. The second kappa shape index (κ2) is 37.4. The van der Waals surface area contributed by atoms with E-state index in [1.54, 1.807) is 0 Å². The normalized spacial score (nSPS) is 13.3. The number of benzene rings is 26. The molecule has 0 N–H and O–H groups in total. The van der Waals surface area contributed by atoms with E-state index in [1.807, 2.05) is 0 Å². The maximum Gasteiger partial charge on any atom is 0.0713 e. The van der Waals surface area contributed by atoms with Crippen LogP contribution >= 0.6 is 0 Å². The predicted molar refractivity (Wildman–Crippen MR) is 631 cm³/mol. The molecule has 0 heteroatoms. The van der Waals surface area contributed by atoms with Gasteiger partial charge in [0, 0.05) is 0 Å². The summed E-state index contributed by atoms with van der Waals surface area (Å²) in [5, 5.41) is 15.8. The fraction of sp³-hybridized carbons (Fsp3) is 0.0400. The highest BCUT2D eigenvalue weighted by atomic mass is 14.5. The molecule has 0 spiro atoms. The van der Waals surface area contributed by atoms with E-state index in [2.05, 4.69) is 608 Å². The largest absolute Gasteiger partial charge is 0.0713 e. The molecule has 150 heavy (non-hydrogen) atoms. The molecular formula is C150H104. The molecule has 4 aliphatic rings. The van der Waals surface area contributed by atoms with Crippen molar-refractivity contribution < 1.29 is 0 Å². The first-order valence-electron chi connectivity index (χ1n) is 52.5. The van der Waals surface area contributed by atoms with Crippen molar-refractivity contribution in [3.8, 4) is 89.0 Å². The highest BCUT2D eigenvalue weighted by Crippen LogP contribution is 2.63. The van der Waals surface area contributed by atoms with Gasteiger partial charge in [0.15, 0.2) is 0 Å². The third kappa shape index (κ3) is 14.3. The zero-order valence-corrected chi connectivity index (χ0v) is 83.6. The lowest BCUT2D eigenvalue weighted by Gasteiger charge is -2.42. The van der Waals surface area contributed by atoms with Gasteiger partial charge in [-0.3, -0.25) is 0 Å². The molecule has 0 aliphatic heterocycles. The molecule has 4 aliphatic carbocycles. The Morgan fingerprint density at radius 3 is 0.573 bits per heavy atom. The summed E-state index contributed by atoms with van der Waals surface area (Å²) in [7, 11) is 0. The van der Waals surface area contributed by atoms with Gasteiger partial charge in [-0.15, -0.1) is 0 Å². The molecule has 0 saturated heterocycles. The summed E-state index contributed by atoms with van der Waals surface area (Å²) in [4.78, 5) is 0. The maximum atomic E-state index is 2.37. The standard InChI is InChI=1S/C45H30.C42H30.C33H22.C30H22/c1-3-12-31(13-4-1)33-22-26-37(27-23-33)45(38-28-24-34(25-29-38)32-14-5-2-6-15-32)41-20-10-9-19-40(41)44-39-18-8-7-16-35(39)30-36-17-11-21-42(45)43(36)44;1-29-19-20-34-15-10-18-39-41(34)40(29)37-16-8-9-17-38(37)42(39,35-25-21-32(22-26-35)30-11-4-2-5-12-30)36-27-23-33(24-28-36)31-13-6-3-7-14-31;1-3-14-25(15-4-1)33(26-16-5-2-6-17-26)29-20-10-9-19-28(29)32-27-18-8-7-12-23(27)22-24-13-11-21-30(33)31(24)32;1-21-19-20-22-11-10-18-27-29(22)28(21)25-16-8-9-17-26(25)30(27,23-12-4-2-5-13-23)24-14-6-3-7-15-24/h1-30H;2-28H,1H3;1-22H;2-20H,1H3. The summed E-state index contributed by atoms with van der Waals surface area (Å²) in [6, 6.07) is 219. The van der Waals surface area contributed by atoms with Crippen molar-refractivity contribution >= 4 is 64.6 Å². The van der Waals surface area contributed by atoms with Crippen LogP contribution in [0.25, 0.3) is 154 Å². The number of rotatable bonds is 12. The molecule has 26 aromatic carbocycles. The number of fused-ring (bicyclic) bond motifs is 12. The van der Waals surface area contributed by atoms with Gasteiger partial charge in [0.1, 0.15) is 0 Å². The molecular weight excluding hydrogens is 1800 g/mol. The van der Waals surface area contributed by atoms with Crippen LogP contribution < -0.4 is 0 Å².